The lowest BCUT2D eigenvalue weighted by Gasteiger charge is -2.15. The van der Waals surface area contributed by atoms with E-state index in [-0.39, 0.29) is 5.97 Å². The normalized spacial score (nSPS) is 11.6. The fourth-order valence-corrected chi connectivity index (χ4v) is 4.33. The molecule has 0 aromatic heterocycles. The van der Waals surface area contributed by atoms with Crippen LogP contribution >= 0.6 is 15.9 Å². The van der Waals surface area contributed by atoms with E-state index in [9.17, 15) is 4.79 Å². The van der Waals surface area contributed by atoms with Crippen molar-refractivity contribution in [3.63, 3.8) is 0 Å². The van der Waals surface area contributed by atoms with Gasteiger partial charge >= 0.3 is 5.97 Å². The average Bonchev–Trinajstić information content (AvgIpc) is 2.61. The van der Waals surface area contributed by atoms with Gasteiger partial charge in [0, 0.05) is 10.9 Å². The molecule has 0 bridgehead atoms. The Morgan fingerprint density at radius 2 is 1.72 bits per heavy atom. The predicted octanol–water partition coefficient (Wildman–Crippen LogP) is 6.23. The van der Waals surface area contributed by atoms with Crippen molar-refractivity contribution in [2.75, 3.05) is 6.61 Å². The molecule has 4 rings (SSSR count). The molecule has 0 unspecified atom stereocenters. The van der Waals surface area contributed by atoms with Gasteiger partial charge in [-0.1, -0.05) is 58.4 Å². The lowest BCUT2D eigenvalue weighted by atomic mass is 9.90. The second-order valence-electron chi connectivity index (χ2n) is 6.36. The third-order valence-electron chi connectivity index (χ3n) is 4.81. The third-order valence-corrected chi connectivity index (χ3v) is 5.47. The van der Waals surface area contributed by atoms with Crippen LogP contribution in [-0.4, -0.2) is 12.6 Å². The predicted molar refractivity (Wildman–Crippen MR) is 107 cm³/mol. The summed E-state index contributed by atoms with van der Waals surface area (Å²) >= 11 is 3.75. The minimum Gasteiger partial charge on any atom is -0.466 e. The number of carbonyl (C=O) groups is 1. The monoisotopic (exact) mass is 394 g/mol. The van der Waals surface area contributed by atoms with Crippen molar-refractivity contribution < 1.29 is 9.53 Å². The van der Waals surface area contributed by atoms with Gasteiger partial charge in [-0.05, 0) is 63.7 Å². The molecular formula is C22H19BrO2. The van der Waals surface area contributed by atoms with E-state index in [0.29, 0.717) is 13.0 Å². The van der Waals surface area contributed by atoms with Crippen molar-refractivity contribution in [3.05, 3.63) is 58.6 Å². The summed E-state index contributed by atoms with van der Waals surface area (Å²) in [5.41, 5.74) is 1.28. The van der Waals surface area contributed by atoms with E-state index in [1.165, 1.54) is 37.9 Å². The van der Waals surface area contributed by atoms with E-state index in [0.717, 1.165) is 17.3 Å². The Bertz CT molecular complexity index is 1050. The lowest BCUT2D eigenvalue weighted by molar-refractivity contribution is -0.143. The highest BCUT2D eigenvalue weighted by atomic mass is 79.9. The molecule has 25 heavy (non-hydrogen) atoms. The molecule has 0 aliphatic rings. The van der Waals surface area contributed by atoms with E-state index < -0.39 is 0 Å². The van der Waals surface area contributed by atoms with Crippen molar-refractivity contribution >= 4 is 54.2 Å². The molecule has 0 spiro atoms. The van der Waals surface area contributed by atoms with Crippen LogP contribution in [-0.2, 0) is 16.0 Å². The highest BCUT2D eigenvalue weighted by molar-refractivity contribution is 9.10. The number of halogens is 1. The van der Waals surface area contributed by atoms with Crippen molar-refractivity contribution in [1.29, 1.82) is 0 Å². The van der Waals surface area contributed by atoms with Crippen molar-refractivity contribution in [1.82, 2.24) is 0 Å². The van der Waals surface area contributed by atoms with Crippen LogP contribution in [0.4, 0.5) is 0 Å². The number of ether oxygens (including phenoxy) is 1. The Labute approximate surface area is 155 Å². The molecular weight excluding hydrogens is 376 g/mol. The standard InChI is InChI=1S/C22H19BrO2/c1-2-25-20(24)8-4-7-16-13-19(23)18-12-10-15-6-3-5-14-9-11-17(16)22(18)21(14)15/h3,5-6,9-13H,2,4,7-8H2,1H3. The van der Waals surface area contributed by atoms with Gasteiger partial charge in [-0.25, -0.2) is 0 Å². The van der Waals surface area contributed by atoms with E-state index in [4.69, 9.17) is 4.74 Å². The zero-order valence-corrected chi connectivity index (χ0v) is 15.7. The molecule has 0 fully saturated rings. The van der Waals surface area contributed by atoms with E-state index >= 15 is 0 Å². The molecule has 0 aliphatic carbocycles. The molecule has 0 radical (unpaired) electrons. The molecule has 0 saturated heterocycles. The molecule has 0 N–H and O–H groups in total. The summed E-state index contributed by atoms with van der Waals surface area (Å²) in [6.45, 7) is 2.29. The molecule has 3 heteroatoms. The van der Waals surface area contributed by atoms with Crippen LogP contribution in [0.2, 0.25) is 0 Å². The second kappa shape index (κ2) is 6.64. The van der Waals surface area contributed by atoms with E-state index in [1.807, 2.05) is 6.92 Å². The van der Waals surface area contributed by atoms with E-state index in [1.54, 1.807) is 0 Å². The Morgan fingerprint density at radius 1 is 1.00 bits per heavy atom. The fourth-order valence-electron chi connectivity index (χ4n) is 3.72. The Morgan fingerprint density at radius 3 is 2.44 bits per heavy atom. The van der Waals surface area contributed by atoms with Gasteiger partial charge in [0.05, 0.1) is 6.61 Å². The second-order valence-corrected chi connectivity index (χ2v) is 7.21. The summed E-state index contributed by atoms with van der Waals surface area (Å²) < 4.78 is 6.15. The first-order valence-corrected chi connectivity index (χ1v) is 9.49. The van der Waals surface area contributed by atoms with Crippen molar-refractivity contribution in [3.8, 4) is 0 Å². The summed E-state index contributed by atoms with van der Waals surface area (Å²) in [5, 5.41) is 7.71. The molecule has 0 saturated carbocycles. The fraction of sp³-hybridized carbons (Fsp3) is 0.227. The summed E-state index contributed by atoms with van der Waals surface area (Å²) in [5.74, 6) is -0.112. The molecule has 126 valence electrons. The maximum absolute atomic E-state index is 11.6. The Balaban J connectivity index is 1.81. The van der Waals surface area contributed by atoms with Crippen LogP contribution in [0, 0.1) is 0 Å². The van der Waals surface area contributed by atoms with Crippen molar-refractivity contribution in [2.24, 2.45) is 0 Å². The minimum absolute atomic E-state index is 0.112. The number of carbonyl (C=O) groups excluding carboxylic acids is 1. The summed E-state index contributed by atoms with van der Waals surface area (Å²) in [7, 11) is 0. The number of benzene rings is 4. The quantitative estimate of drug-likeness (QED) is 0.296. The lowest BCUT2D eigenvalue weighted by Crippen LogP contribution is -2.04. The van der Waals surface area contributed by atoms with Crippen LogP contribution < -0.4 is 0 Å². The van der Waals surface area contributed by atoms with Gasteiger partial charge in [0.1, 0.15) is 0 Å². The summed E-state index contributed by atoms with van der Waals surface area (Å²) in [6, 6.07) is 17.4. The first-order chi connectivity index (χ1) is 12.2. The number of aryl methyl sites for hydroxylation is 1. The van der Waals surface area contributed by atoms with Crippen LogP contribution in [0.1, 0.15) is 25.3 Å². The smallest absolute Gasteiger partial charge is 0.305 e. The molecule has 0 atom stereocenters. The zero-order chi connectivity index (χ0) is 17.4. The zero-order valence-electron chi connectivity index (χ0n) is 14.1. The Hall–Kier alpha value is -2.13. The molecule has 0 amide bonds. The average molecular weight is 395 g/mol. The van der Waals surface area contributed by atoms with Crippen LogP contribution in [0.25, 0.3) is 32.3 Å². The number of hydrogen-bond acceptors (Lipinski definition) is 2. The highest BCUT2D eigenvalue weighted by Gasteiger charge is 2.13. The van der Waals surface area contributed by atoms with Gasteiger partial charge in [0.25, 0.3) is 0 Å². The summed E-state index contributed by atoms with van der Waals surface area (Å²) in [4.78, 5) is 11.6. The molecule has 4 aromatic carbocycles. The first kappa shape index (κ1) is 16.3. The van der Waals surface area contributed by atoms with Crippen LogP contribution in [0.5, 0.6) is 0 Å². The van der Waals surface area contributed by atoms with Gasteiger partial charge in [0.2, 0.25) is 0 Å². The van der Waals surface area contributed by atoms with Gasteiger partial charge < -0.3 is 4.74 Å². The molecule has 4 aromatic rings. The summed E-state index contributed by atoms with van der Waals surface area (Å²) in [6.07, 6.45) is 2.13. The molecule has 2 nitrogen and oxygen atoms in total. The van der Waals surface area contributed by atoms with Gasteiger partial charge in [-0.15, -0.1) is 0 Å². The maximum atomic E-state index is 11.6. The molecule has 0 aliphatic heterocycles. The van der Waals surface area contributed by atoms with Gasteiger partial charge in [-0.2, -0.15) is 0 Å². The first-order valence-electron chi connectivity index (χ1n) is 8.69. The van der Waals surface area contributed by atoms with Crippen molar-refractivity contribution in [2.45, 2.75) is 26.2 Å². The third kappa shape index (κ3) is 2.87. The van der Waals surface area contributed by atoms with Gasteiger partial charge in [-0.3, -0.25) is 4.79 Å². The number of esters is 1. The maximum Gasteiger partial charge on any atom is 0.305 e. The van der Waals surface area contributed by atoms with Crippen LogP contribution in [0.3, 0.4) is 0 Å². The SMILES string of the molecule is CCOC(=O)CCCc1cc(Br)c2ccc3cccc4ccc1c2c34. The minimum atomic E-state index is -0.112. The van der Waals surface area contributed by atoms with Gasteiger partial charge in [0.15, 0.2) is 0 Å². The topological polar surface area (TPSA) is 26.3 Å². The van der Waals surface area contributed by atoms with E-state index in [2.05, 4.69) is 64.5 Å². The Kier molecular flexibility index (Phi) is 4.34. The van der Waals surface area contributed by atoms with Crippen LogP contribution in [0.15, 0.2) is 53.0 Å². The number of hydrogen-bond donors (Lipinski definition) is 0. The largest absolute Gasteiger partial charge is 0.466 e. The number of rotatable bonds is 5. The molecule has 0 heterocycles. The highest BCUT2D eigenvalue weighted by Crippen LogP contribution is 2.39.